The summed E-state index contributed by atoms with van der Waals surface area (Å²) in [7, 11) is 0. The molecule has 1 aromatic heterocycles. The Labute approximate surface area is 159 Å². The van der Waals surface area contributed by atoms with Crippen molar-refractivity contribution in [2.75, 3.05) is 37.7 Å². The SMILES string of the molecule is CCOC(=O)c1ccc(N2CCCN(C(=O)c3cccc(C)c3)CC2)nc1. The number of carbonyl (C=O) groups excluding carboxylic acids is 2. The fourth-order valence-electron chi connectivity index (χ4n) is 3.22. The van der Waals surface area contributed by atoms with Crippen LogP contribution < -0.4 is 4.90 Å². The number of nitrogens with zero attached hydrogens (tertiary/aromatic N) is 3. The second-order valence-corrected chi connectivity index (χ2v) is 6.63. The molecule has 0 unspecified atom stereocenters. The van der Waals surface area contributed by atoms with Gasteiger partial charge < -0.3 is 14.5 Å². The topological polar surface area (TPSA) is 62.7 Å². The number of ether oxygens (including phenoxy) is 1. The Morgan fingerprint density at radius 1 is 1.07 bits per heavy atom. The van der Waals surface area contributed by atoms with Crippen LogP contribution in [0.1, 0.15) is 39.6 Å². The lowest BCUT2D eigenvalue weighted by atomic mass is 10.1. The zero-order valence-electron chi connectivity index (χ0n) is 15.9. The third kappa shape index (κ3) is 4.64. The van der Waals surface area contributed by atoms with Crippen molar-refractivity contribution in [1.82, 2.24) is 9.88 Å². The van der Waals surface area contributed by atoms with E-state index < -0.39 is 0 Å². The van der Waals surface area contributed by atoms with E-state index in [1.165, 1.54) is 0 Å². The van der Waals surface area contributed by atoms with E-state index in [-0.39, 0.29) is 11.9 Å². The van der Waals surface area contributed by atoms with Crippen LogP contribution in [0.15, 0.2) is 42.6 Å². The van der Waals surface area contributed by atoms with E-state index in [2.05, 4.69) is 9.88 Å². The lowest BCUT2D eigenvalue weighted by Crippen LogP contribution is -2.35. The maximum atomic E-state index is 12.8. The second-order valence-electron chi connectivity index (χ2n) is 6.63. The van der Waals surface area contributed by atoms with Gasteiger partial charge in [-0.25, -0.2) is 9.78 Å². The quantitative estimate of drug-likeness (QED) is 0.778. The van der Waals surface area contributed by atoms with Crippen molar-refractivity contribution in [1.29, 1.82) is 0 Å². The molecule has 1 aromatic carbocycles. The molecule has 0 N–H and O–H groups in total. The van der Waals surface area contributed by atoms with Crippen LogP contribution >= 0.6 is 0 Å². The van der Waals surface area contributed by atoms with Gasteiger partial charge in [0.2, 0.25) is 0 Å². The smallest absolute Gasteiger partial charge is 0.339 e. The van der Waals surface area contributed by atoms with Crippen LogP contribution in [0.3, 0.4) is 0 Å². The van der Waals surface area contributed by atoms with Gasteiger partial charge in [-0.2, -0.15) is 0 Å². The van der Waals surface area contributed by atoms with E-state index in [1.807, 2.05) is 42.2 Å². The lowest BCUT2D eigenvalue weighted by molar-refractivity contribution is 0.0525. The molecule has 2 heterocycles. The summed E-state index contributed by atoms with van der Waals surface area (Å²) in [6.45, 7) is 7.02. The molecule has 1 fully saturated rings. The molecule has 3 rings (SSSR count). The number of aryl methyl sites for hydroxylation is 1. The summed E-state index contributed by atoms with van der Waals surface area (Å²) in [5, 5.41) is 0. The van der Waals surface area contributed by atoms with Crippen molar-refractivity contribution in [3.63, 3.8) is 0 Å². The molecule has 142 valence electrons. The summed E-state index contributed by atoms with van der Waals surface area (Å²) in [5.74, 6) is 0.529. The maximum Gasteiger partial charge on any atom is 0.339 e. The van der Waals surface area contributed by atoms with E-state index in [1.54, 1.807) is 19.2 Å². The Morgan fingerprint density at radius 2 is 1.93 bits per heavy atom. The van der Waals surface area contributed by atoms with Gasteiger partial charge in [0.15, 0.2) is 0 Å². The highest BCUT2D eigenvalue weighted by atomic mass is 16.5. The molecule has 0 aliphatic carbocycles. The van der Waals surface area contributed by atoms with Gasteiger partial charge in [-0.15, -0.1) is 0 Å². The van der Waals surface area contributed by atoms with Crippen molar-refractivity contribution in [3.8, 4) is 0 Å². The molecule has 1 aliphatic heterocycles. The van der Waals surface area contributed by atoms with Crippen LogP contribution in [0.25, 0.3) is 0 Å². The molecule has 6 nitrogen and oxygen atoms in total. The highest BCUT2D eigenvalue weighted by molar-refractivity contribution is 5.94. The number of carbonyl (C=O) groups is 2. The molecule has 0 bridgehead atoms. The van der Waals surface area contributed by atoms with E-state index in [9.17, 15) is 9.59 Å². The molecule has 0 spiro atoms. The molecule has 0 radical (unpaired) electrons. The van der Waals surface area contributed by atoms with Gasteiger partial charge in [-0.3, -0.25) is 4.79 Å². The van der Waals surface area contributed by atoms with Gasteiger partial charge in [0.25, 0.3) is 5.91 Å². The summed E-state index contributed by atoms with van der Waals surface area (Å²) in [5.41, 5.74) is 2.27. The number of benzene rings is 1. The normalized spacial score (nSPS) is 14.6. The fraction of sp³-hybridized carbons (Fsp3) is 0.381. The van der Waals surface area contributed by atoms with Gasteiger partial charge >= 0.3 is 5.97 Å². The first-order valence-electron chi connectivity index (χ1n) is 9.32. The minimum absolute atomic E-state index is 0.0752. The van der Waals surface area contributed by atoms with Gasteiger partial charge in [-0.1, -0.05) is 17.7 Å². The molecule has 0 saturated carbocycles. The van der Waals surface area contributed by atoms with E-state index >= 15 is 0 Å². The van der Waals surface area contributed by atoms with Gasteiger partial charge in [-0.05, 0) is 44.5 Å². The van der Waals surface area contributed by atoms with Crippen molar-refractivity contribution in [3.05, 3.63) is 59.3 Å². The predicted molar refractivity (Wildman–Crippen MR) is 104 cm³/mol. The monoisotopic (exact) mass is 367 g/mol. The van der Waals surface area contributed by atoms with Gasteiger partial charge in [0.1, 0.15) is 5.82 Å². The number of rotatable bonds is 4. The average Bonchev–Trinajstić information content (AvgIpc) is 2.94. The van der Waals surface area contributed by atoms with Crippen molar-refractivity contribution >= 4 is 17.7 Å². The molecule has 27 heavy (non-hydrogen) atoms. The van der Waals surface area contributed by atoms with Crippen LogP contribution in [0, 0.1) is 6.92 Å². The number of esters is 1. The Hall–Kier alpha value is -2.89. The van der Waals surface area contributed by atoms with Gasteiger partial charge in [0, 0.05) is 37.9 Å². The summed E-state index contributed by atoms with van der Waals surface area (Å²) in [6, 6.07) is 11.3. The van der Waals surface area contributed by atoms with Crippen LogP contribution in [0.2, 0.25) is 0 Å². The first-order valence-corrected chi connectivity index (χ1v) is 9.32. The molecule has 6 heteroatoms. The molecule has 1 amide bonds. The highest BCUT2D eigenvalue weighted by Crippen LogP contribution is 2.16. The Morgan fingerprint density at radius 3 is 2.63 bits per heavy atom. The average molecular weight is 367 g/mol. The number of hydrogen-bond donors (Lipinski definition) is 0. The molecule has 0 atom stereocenters. The Bertz CT molecular complexity index is 805. The van der Waals surface area contributed by atoms with Crippen LogP contribution in [0.4, 0.5) is 5.82 Å². The van der Waals surface area contributed by atoms with Crippen molar-refractivity contribution in [2.45, 2.75) is 20.3 Å². The third-order valence-corrected chi connectivity index (χ3v) is 4.63. The zero-order chi connectivity index (χ0) is 19.2. The maximum absolute atomic E-state index is 12.8. The number of pyridine rings is 1. The van der Waals surface area contributed by atoms with Gasteiger partial charge in [0.05, 0.1) is 12.2 Å². The number of amides is 1. The molecular formula is C21H25N3O3. The number of aromatic nitrogens is 1. The van der Waals surface area contributed by atoms with Crippen molar-refractivity contribution in [2.24, 2.45) is 0 Å². The zero-order valence-corrected chi connectivity index (χ0v) is 15.9. The summed E-state index contributed by atoms with van der Waals surface area (Å²) in [6.07, 6.45) is 2.42. The second kappa shape index (κ2) is 8.66. The Balaban J connectivity index is 1.64. The first-order chi connectivity index (χ1) is 13.1. The minimum Gasteiger partial charge on any atom is -0.462 e. The molecule has 2 aromatic rings. The summed E-state index contributed by atoms with van der Waals surface area (Å²) in [4.78, 5) is 33.0. The largest absolute Gasteiger partial charge is 0.462 e. The fourth-order valence-corrected chi connectivity index (χ4v) is 3.22. The molecule has 1 aliphatic rings. The van der Waals surface area contributed by atoms with Crippen LogP contribution in [-0.4, -0.2) is 54.5 Å². The van der Waals surface area contributed by atoms with Crippen molar-refractivity contribution < 1.29 is 14.3 Å². The minimum atomic E-state index is -0.359. The van der Waals surface area contributed by atoms with E-state index in [4.69, 9.17) is 4.74 Å². The standard InChI is InChI=1S/C21H25N3O3/c1-3-27-21(26)18-8-9-19(22-15-18)23-10-5-11-24(13-12-23)20(25)17-7-4-6-16(2)14-17/h4,6-9,14-15H,3,5,10-13H2,1-2H3. The predicted octanol–water partition coefficient (Wildman–Crippen LogP) is 2.92. The molecular weight excluding hydrogens is 342 g/mol. The highest BCUT2D eigenvalue weighted by Gasteiger charge is 2.21. The lowest BCUT2D eigenvalue weighted by Gasteiger charge is -2.23. The number of hydrogen-bond acceptors (Lipinski definition) is 5. The van der Waals surface area contributed by atoms with E-state index in [0.717, 1.165) is 36.5 Å². The summed E-state index contributed by atoms with van der Waals surface area (Å²) < 4.78 is 4.99. The van der Waals surface area contributed by atoms with E-state index in [0.29, 0.717) is 25.3 Å². The summed E-state index contributed by atoms with van der Waals surface area (Å²) >= 11 is 0. The third-order valence-electron chi connectivity index (χ3n) is 4.63. The van der Waals surface area contributed by atoms with Crippen LogP contribution in [-0.2, 0) is 4.74 Å². The molecule has 1 saturated heterocycles. The Kier molecular flexibility index (Phi) is 6.06. The number of anilines is 1. The van der Waals surface area contributed by atoms with Crippen LogP contribution in [0.5, 0.6) is 0 Å². The first kappa shape index (κ1) is 18.9.